The Morgan fingerprint density at radius 2 is 1.93 bits per heavy atom. The Morgan fingerprint density at radius 1 is 1.10 bits per heavy atom. The van der Waals surface area contributed by atoms with Crippen LogP contribution in [0.1, 0.15) is 5.56 Å². The van der Waals surface area contributed by atoms with Crippen LogP contribution in [0.4, 0.5) is 5.69 Å². The van der Waals surface area contributed by atoms with E-state index in [1.165, 1.54) is 0 Å². The van der Waals surface area contributed by atoms with Crippen LogP contribution in [0.3, 0.4) is 0 Å². The Bertz CT molecular complexity index is 1090. The Hall–Kier alpha value is -1.90. The lowest BCUT2D eigenvalue weighted by Crippen LogP contribution is -2.39. The minimum Gasteiger partial charge on any atom is -0.486 e. The molecule has 0 radical (unpaired) electrons. The number of nitrogens with zero attached hydrogens (tertiary/aromatic N) is 2. The number of hydrogen-bond acceptors (Lipinski definition) is 7. The van der Waals surface area contributed by atoms with E-state index in [2.05, 4.69) is 0 Å². The van der Waals surface area contributed by atoms with Gasteiger partial charge in [0.25, 0.3) is 0 Å². The van der Waals surface area contributed by atoms with Gasteiger partial charge in [-0.25, -0.2) is 8.42 Å². The lowest BCUT2D eigenvalue weighted by Gasteiger charge is -2.28. The minimum atomic E-state index is -3.09. The van der Waals surface area contributed by atoms with Gasteiger partial charge in [0.05, 0.1) is 23.6 Å². The Morgan fingerprint density at radius 3 is 2.76 bits per heavy atom. The highest BCUT2D eigenvalue weighted by atomic mass is 35.5. The molecule has 29 heavy (non-hydrogen) atoms. The molecular formula is C20H19ClN2O4S2. The number of fused-ring (bicyclic) bond motifs is 2. The predicted octanol–water partition coefficient (Wildman–Crippen LogP) is 3.39. The number of halogens is 1. The average molecular weight is 451 g/mol. The first-order chi connectivity index (χ1) is 14.0. The fourth-order valence-electron chi connectivity index (χ4n) is 3.89. The Balaban J connectivity index is 1.45. The van der Waals surface area contributed by atoms with Crippen molar-refractivity contribution in [3.8, 4) is 11.5 Å². The smallest absolute Gasteiger partial charge is 0.164 e. The maximum absolute atomic E-state index is 12.2. The summed E-state index contributed by atoms with van der Waals surface area (Å²) in [7, 11) is -3.09. The third-order valence-corrected chi connectivity index (χ3v) is 8.14. The topological polar surface area (TPSA) is 68.2 Å². The van der Waals surface area contributed by atoms with Crippen LogP contribution in [0.5, 0.6) is 11.5 Å². The van der Waals surface area contributed by atoms with Crippen LogP contribution in [0.2, 0.25) is 5.02 Å². The molecule has 152 valence electrons. The van der Waals surface area contributed by atoms with E-state index in [0.29, 0.717) is 35.5 Å². The van der Waals surface area contributed by atoms with Crippen LogP contribution in [0.25, 0.3) is 0 Å². The molecule has 0 spiro atoms. The van der Waals surface area contributed by atoms with E-state index in [9.17, 15) is 8.42 Å². The monoisotopic (exact) mass is 450 g/mol. The normalized spacial score (nSPS) is 24.3. The highest BCUT2D eigenvalue weighted by Crippen LogP contribution is 2.40. The zero-order chi connectivity index (χ0) is 20.0. The van der Waals surface area contributed by atoms with E-state index in [0.717, 1.165) is 16.4 Å². The predicted molar refractivity (Wildman–Crippen MR) is 116 cm³/mol. The molecule has 0 saturated carbocycles. The number of thioether (sulfide) groups is 1. The van der Waals surface area contributed by atoms with Crippen molar-refractivity contribution >= 4 is 44.1 Å². The number of amidine groups is 1. The largest absolute Gasteiger partial charge is 0.486 e. The number of benzene rings is 2. The summed E-state index contributed by atoms with van der Waals surface area (Å²) in [5.41, 5.74) is 1.97. The van der Waals surface area contributed by atoms with Crippen LogP contribution < -0.4 is 14.4 Å². The maximum atomic E-state index is 12.2. The van der Waals surface area contributed by atoms with Gasteiger partial charge in [0.1, 0.15) is 13.2 Å². The summed E-state index contributed by atoms with van der Waals surface area (Å²) >= 11 is 7.69. The Labute approximate surface area is 178 Å². The Kier molecular flexibility index (Phi) is 4.88. The standard InChI is InChI=1S/C20H19ClN2O4S2/c21-14-3-1-2-13(8-14)10-28-20-22-16-11-29(24,25)12-17(16)23(20)15-4-5-18-19(9-15)27-7-6-26-18/h1-5,8-9,16-17H,6-7,10-12H2. The van der Waals surface area contributed by atoms with E-state index < -0.39 is 9.84 Å². The van der Waals surface area contributed by atoms with Gasteiger partial charge in [0.2, 0.25) is 0 Å². The van der Waals surface area contributed by atoms with Crippen molar-refractivity contribution in [2.45, 2.75) is 17.8 Å². The molecule has 2 atom stereocenters. The molecule has 2 aromatic carbocycles. The molecule has 0 N–H and O–H groups in total. The zero-order valence-corrected chi connectivity index (χ0v) is 17.8. The molecule has 0 bridgehead atoms. The van der Waals surface area contributed by atoms with Crippen LogP contribution in [0.15, 0.2) is 47.5 Å². The number of ether oxygens (including phenoxy) is 2. The van der Waals surface area contributed by atoms with Gasteiger partial charge >= 0.3 is 0 Å². The summed E-state index contributed by atoms with van der Waals surface area (Å²) in [5.74, 6) is 2.29. The number of aliphatic imine (C=N–C) groups is 1. The van der Waals surface area contributed by atoms with Gasteiger partial charge in [0.15, 0.2) is 26.5 Å². The fourth-order valence-corrected chi connectivity index (χ4v) is 7.01. The molecule has 2 unspecified atom stereocenters. The van der Waals surface area contributed by atoms with Gasteiger partial charge in [-0.05, 0) is 29.8 Å². The van der Waals surface area contributed by atoms with Crippen molar-refractivity contribution in [1.29, 1.82) is 0 Å². The first-order valence-corrected chi connectivity index (χ1v) is 12.5. The van der Waals surface area contributed by atoms with E-state index in [4.69, 9.17) is 26.1 Å². The van der Waals surface area contributed by atoms with Crippen molar-refractivity contribution < 1.29 is 17.9 Å². The SMILES string of the molecule is O=S1(=O)CC2N=C(SCc3cccc(Cl)c3)N(c3ccc4c(c3)OCCO4)C2C1. The molecule has 3 aliphatic rings. The fraction of sp³-hybridized carbons (Fsp3) is 0.350. The zero-order valence-electron chi connectivity index (χ0n) is 15.5. The molecule has 1 fully saturated rings. The van der Waals surface area contributed by atoms with Crippen LogP contribution in [-0.2, 0) is 15.6 Å². The summed E-state index contributed by atoms with van der Waals surface area (Å²) in [6.45, 7) is 1.03. The maximum Gasteiger partial charge on any atom is 0.164 e. The molecule has 3 aliphatic heterocycles. The molecular weight excluding hydrogens is 432 g/mol. The molecule has 0 aromatic heterocycles. The second kappa shape index (κ2) is 7.41. The molecule has 5 rings (SSSR count). The number of hydrogen-bond donors (Lipinski definition) is 0. The van der Waals surface area contributed by atoms with E-state index in [-0.39, 0.29) is 23.6 Å². The molecule has 9 heteroatoms. The third-order valence-electron chi connectivity index (χ3n) is 5.17. The van der Waals surface area contributed by atoms with Gasteiger partial charge in [-0.2, -0.15) is 0 Å². The molecule has 0 aliphatic carbocycles. The van der Waals surface area contributed by atoms with Crippen molar-refractivity contribution in [1.82, 2.24) is 0 Å². The highest BCUT2D eigenvalue weighted by Gasteiger charge is 2.47. The van der Waals surface area contributed by atoms with Crippen LogP contribution in [0, 0.1) is 0 Å². The van der Waals surface area contributed by atoms with E-state index >= 15 is 0 Å². The van der Waals surface area contributed by atoms with Crippen LogP contribution in [-0.4, -0.2) is 50.4 Å². The second-order valence-corrected chi connectivity index (χ2v) is 10.8. The quantitative estimate of drug-likeness (QED) is 0.714. The molecule has 6 nitrogen and oxygen atoms in total. The van der Waals surface area contributed by atoms with Gasteiger partial charge in [-0.3, -0.25) is 4.99 Å². The molecule has 3 heterocycles. The summed E-state index contributed by atoms with van der Waals surface area (Å²) in [4.78, 5) is 6.82. The van der Waals surface area contributed by atoms with Gasteiger partial charge in [0, 0.05) is 22.5 Å². The van der Waals surface area contributed by atoms with Crippen LogP contribution >= 0.6 is 23.4 Å². The average Bonchev–Trinajstić information content (AvgIpc) is 3.17. The number of rotatable bonds is 3. The minimum absolute atomic E-state index is 0.0972. The third kappa shape index (κ3) is 3.81. The summed E-state index contributed by atoms with van der Waals surface area (Å²) in [6, 6.07) is 13.0. The summed E-state index contributed by atoms with van der Waals surface area (Å²) in [6.07, 6.45) is 0. The number of sulfone groups is 1. The molecule has 1 saturated heterocycles. The summed E-state index contributed by atoms with van der Waals surface area (Å²) < 4.78 is 35.8. The van der Waals surface area contributed by atoms with Gasteiger partial charge in [-0.15, -0.1) is 0 Å². The van der Waals surface area contributed by atoms with E-state index in [1.54, 1.807) is 11.8 Å². The second-order valence-electron chi connectivity index (χ2n) is 7.24. The lowest BCUT2D eigenvalue weighted by atomic mass is 10.1. The first-order valence-electron chi connectivity index (χ1n) is 9.33. The molecule has 2 aromatic rings. The van der Waals surface area contributed by atoms with Crippen molar-refractivity contribution in [3.63, 3.8) is 0 Å². The van der Waals surface area contributed by atoms with E-state index in [1.807, 2.05) is 47.4 Å². The molecule has 0 amide bonds. The highest BCUT2D eigenvalue weighted by molar-refractivity contribution is 8.13. The van der Waals surface area contributed by atoms with Crippen molar-refractivity contribution in [2.75, 3.05) is 29.6 Å². The van der Waals surface area contributed by atoms with Gasteiger partial charge < -0.3 is 14.4 Å². The lowest BCUT2D eigenvalue weighted by molar-refractivity contribution is 0.171. The van der Waals surface area contributed by atoms with Crippen molar-refractivity contribution in [2.24, 2.45) is 4.99 Å². The van der Waals surface area contributed by atoms with Crippen molar-refractivity contribution in [3.05, 3.63) is 53.1 Å². The van der Waals surface area contributed by atoms with Gasteiger partial charge in [-0.1, -0.05) is 35.5 Å². The summed E-state index contributed by atoms with van der Waals surface area (Å²) in [5, 5.41) is 1.52. The number of anilines is 1. The first kappa shape index (κ1) is 19.1.